The SMILES string of the molecule is CC(=O)OC(C)(C)C.CC(=O)SC(C)(C)C.CC(=O)SC(C)C.CCOC(=O)c1ccccc1.CCOC(C)=O.CCOC(C)=O.CCOC(C)=O.CCOC(C)=O.CCSC(C)=O.CCSC(C)=O. The number of carbonyl (C=O) groups excluding carboxylic acids is 10. The molecule has 0 fully saturated rings. The maximum Gasteiger partial charge on any atom is 0.338 e. The van der Waals surface area contributed by atoms with E-state index in [2.05, 4.69) is 18.9 Å². The minimum Gasteiger partial charge on any atom is -0.466 e. The third-order valence-corrected chi connectivity index (χ3v) is 7.77. The zero-order valence-corrected chi connectivity index (χ0v) is 50.3. The highest BCUT2D eigenvalue weighted by atomic mass is 32.2. The first-order valence-corrected chi connectivity index (χ1v) is 26.2. The van der Waals surface area contributed by atoms with Gasteiger partial charge in [0.1, 0.15) is 5.60 Å². The molecule has 0 aliphatic carbocycles. The van der Waals surface area contributed by atoms with Crippen LogP contribution in [0.1, 0.15) is 177 Å². The van der Waals surface area contributed by atoms with Crippen molar-refractivity contribution in [1.29, 1.82) is 0 Å². The van der Waals surface area contributed by atoms with Gasteiger partial charge in [-0.25, -0.2) is 4.79 Å². The topological polar surface area (TPSA) is 226 Å². The fourth-order valence-corrected chi connectivity index (χ4v) is 5.54. The van der Waals surface area contributed by atoms with Crippen molar-refractivity contribution in [1.82, 2.24) is 0 Å². The largest absolute Gasteiger partial charge is 0.466 e. The molecule has 1 aromatic rings. The normalized spacial score (nSPS) is 9.04. The van der Waals surface area contributed by atoms with Crippen molar-refractivity contribution in [3.05, 3.63) is 35.9 Å². The van der Waals surface area contributed by atoms with Gasteiger partial charge in [-0.15, -0.1) is 0 Å². The van der Waals surface area contributed by atoms with Crippen LogP contribution < -0.4 is 0 Å². The predicted molar refractivity (Wildman–Crippen MR) is 292 cm³/mol. The van der Waals surface area contributed by atoms with Gasteiger partial charge in [-0.05, 0) is 79.0 Å². The fourth-order valence-electron chi connectivity index (χ4n) is 3.20. The summed E-state index contributed by atoms with van der Waals surface area (Å²) < 4.78 is 27.3. The molecule has 1 rings (SSSR count). The summed E-state index contributed by atoms with van der Waals surface area (Å²) in [4.78, 5) is 101. The summed E-state index contributed by atoms with van der Waals surface area (Å²) in [5.41, 5.74) is 0.278. The molecule has 20 heteroatoms. The molecule has 0 bridgehead atoms. The van der Waals surface area contributed by atoms with Crippen LogP contribution in [0.5, 0.6) is 0 Å². The first kappa shape index (κ1) is 85.9. The molecule has 412 valence electrons. The Labute approximate surface area is 439 Å². The molecule has 70 heavy (non-hydrogen) atoms. The van der Waals surface area contributed by atoms with Crippen molar-refractivity contribution >= 4 is 103 Å². The van der Waals surface area contributed by atoms with E-state index in [1.165, 1.54) is 81.7 Å². The molecule has 0 heterocycles. The molecule has 0 unspecified atom stereocenters. The summed E-state index contributed by atoms with van der Waals surface area (Å²) in [5.74, 6) is 0.473. The Balaban J connectivity index is -0.0000000851. The fraction of sp³-hybridized carbons (Fsp3) is 0.680. The highest BCUT2D eigenvalue weighted by Gasteiger charge is 2.13. The molecule has 0 saturated carbocycles. The Morgan fingerprint density at radius 1 is 0.443 bits per heavy atom. The van der Waals surface area contributed by atoms with Crippen LogP contribution in [0.3, 0.4) is 0 Å². The molecule has 0 N–H and O–H groups in total. The highest BCUT2D eigenvalue weighted by molar-refractivity contribution is 8.14. The second kappa shape index (κ2) is 61.2. The molecular weight excluding hydrogens is 985 g/mol. The van der Waals surface area contributed by atoms with Crippen LogP contribution >= 0.6 is 47.0 Å². The van der Waals surface area contributed by atoms with Crippen LogP contribution in [-0.4, -0.2) is 116 Å². The minimum atomic E-state index is -0.328. The number of thioether (sulfide) groups is 4. The monoisotopic (exact) mass is 1080 g/mol. The molecule has 0 spiro atoms. The molecule has 0 atom stereocenters. The van der Waals surface area contributed by atoms with E-state index in [9.17, 15) is 47.9 Å². The Morgan fingerprint density at radius 3 is 0.829 bits per heavy atom. The number of ether oxygens (including phenoxy) is 6. The molecule has 0 aliphatic heterocycles. The van der Waals surface area contributed by atoms with Gasteiger partial charge in [-0.1, -0.05) is 114 Å². The summed E-state index contributed by atoms with van der Waals surface area (Å²) in [7, 11) is 0. The molecule has 0 aromatic heterocycles. The highest BCUT2D eigenvalue weighted by Crippen LogP contribution is 2.23. The quantitative estimate of drug-likeness (QED) is 0.165. The third-order valence-electron chi connectivity index (χ3n) is 4.67. The van der Waals surface area contributed by atoms with Crippen molar-refractivity contribution < 1.29 is 76.4 Å². The Kier molecular flexibility index (Phi) is 75.2. The van der Waals surface area contributed by atoms with Crippen LogP contribution in [0.15, 0.2) is 30.3 Å². The summed E-state index contributed by atoms with van der Waals surface area (Å²) in [6.07, 6.45) is 0. The second-order valence-corrected chi connectivity index (χ2v) is 21.3. The summed E-state index contributed by atoms with van der Waals surface area (Å²) in [5, 5.41) is 1.25. The maximum absolute atomic E-state index is 11.0. The molecule has 16 nitrogen and oxygen atoms in total. The maximum atomic E-state index is 11.0. The Morgan fingerprint density at radius 2 is 0.743 bits per heavy atom. The Hall–Kier alpha value is -3.88. The molecule has 0 radical (unpaired) electrons. The van der Waals surface area contributed by atoms with Gasteiger partial charge in [0, 0.05) is 72.3 Å². The van der Waals surface area contributed by atoms with Gasteiger partial charge in [-0.2, -0.15) is 0 Å². The predicted octanol–water partition coefficient (Wildman–Crippen LogP) is 11.8. The second-order valence-electron chi connectivity index (χ2n) is 14.7. The van der Waals surface area contributed by atoms with E-state index in [0.717, 1.165) is 11.5 Å². The van der Waals surface area contributed by atoms with Crippen LogP contribution in [0, 0.1) is 0 Å². The van der Waals surface area contributed by atoms with E-state index in [-0.39, 0.29) is 66.6 Å². The van der Waals surface area contributed by atoms with Gasteiger partial charge >= 0.3 is 35.8 Å². The first-order valence-electron chi connectivity index (χ1n) is 22.5. The minimum absolute atomic E-state index is 0.0891. The van der Waals surface area contributed by atoms with E-state index < -0.39 is 0 Å². The number of benzene rings is 1. The number of rotatable bonds is 9. The number of hydrogen-bond acceptors (Lipinski definition) is 20. The van der Waals surface area contributed by atoms with Gasteiger partial charge in [0.15, 0.2) is 20.5 Å². The van der Waals surface area contributed by atoms with E-state index >= 15 is 0 Å². The Bertz CT molecular complexity index is 1340. The molecule has 1 aromatic carbocycles. The van der Waals surface area contributed by atoms with Crippen LogP contribution in [-0.2, 0) is 71.6 Å². The summed E-state index contributed by atoms with van der Waals surface area (Å²) in [6.45, 7) is 44.1. The van der Waals surface area contributed by atoms with Gasteiger partial charge < -0.3 is 28.4 Å². The van der Waals surface area contributed by atoms with Crippen LogP contribution in [0.4, 0.5) is 0 Å². The molecule has 0 saturated heterocycles. The molecule has 0 amide bonds. The van der Waals surface area contributed by atoms with Gasteiger partial charge in [0.2, 0.25) is 0 Å². The lowest BCUT2D eigenvalue weighted by Crippen LogP contribution is -2.21. The first-order chi connectivity index (χ1) is 31.9. The van der Waals surface area contributed by atoms with Crippen molar-refractivity contribution in [2.75, 3.05) is 44.5 Å². The van der Waals surface area contributed by atoms with Gasteiger partial charge in [0.25, 0.3) is 0 Å². The third kappa shape index (κ3) is 137. The standard InChI is InChI=1S/C9H10O2.C6H12O2.C6H12OS.C5H10OS.4C4H8O2.2C4H8OS/c1-2-11-9(10)8-6-4-3-5-7-8;2*1-5(7)8-6(2,3)4;1-4(2)7-5(3)6;6*1-3-6-4(2)5/h3-7H,2H2,1H3;2*1-4H3;4H,1-3H3;6*3H2,1-2H3. The zero-order valence-electron chi connectivity index (χ0n) is 47.1. The van der Waals surface area contributed by atoms with Gasteiger partial charge in [0.05, 0.1) is 38.6 Å². The molecule has 0 aliphatic rings. The number of esters is 6. The number of hydrogen-bond donors (Lipinski definition) is 0. The number of carbonyl (C=O) groups is 10. The van der Waals surface area contributed by atoms with Crippen molar-refractivity contribution in [2.24, 2.45) is 0 Å². The lowest BCUT2D eigenvalue weighted by molar-refractivity contribution is -0.152. The summed E-state index contributed by atoms with van der Waals surface area (Å²) >= 11 is 5.44. The zero-order chi connectivity index (χ0) is 57.5. The molecular formula is C50H92O16S4. The van der Waals surface area contributed by atoms with E-state index in [1.54, 1.807) is 74.4 Å². The van der Waals surface area contributed by atoms with Gasteiger partial charge in [-0.3, -0.25) is 43.2 Å². The van der Waals surface area contributed by atoms with Crippen molar-refractivity contribution in [2.45, 2.75) is 182 Å². The average molecular weight is 1080 g/mol. The lowest BCUT2D eigenvalue weighted by atomic mass is 10.2. The lowest BCUT2D eigenvalue weighted by Gasteiger charge is -2.17. The summed E-state index contributed by atoms with van der Waals surface area (Å²) in [6, 6.07) is 8.96. The van der Waals surface area contributed by atoms with Crippen molar-refractivity contribution in [3.63, 3.8) is 0 Å². The van der Waals surface area contributed by atoms with Crippen molar-refractivity contribution in [3.8, 4) is 0 Å². The van der Waals surface area contributed by atoms with E-state index in [1.807, 2.05) is 87.4 Å². The smallest absolute Gasteiger partial charge is 0.338 e. The van der Waals surface area contributed by atoms with E-state index in [0.29, 0.717) is 43.8 Å². The van der Waals surface area contributed by atoms with Crippen LogP contribution in [0.2, 0.25) is 0 Å². The van der Waals surface area contributed by atoms with E-state index in [4.69, 9.17) is 9.47 Å². The average Bonchev–Trinajstić information content (AvgIpc) is 3.15. The van der Waals surface area contributed by atoms with Crippen LogP contribution in [0.25, 0.3) is 0 Å².